The number of hydrogen-bond acceptors (Lipinski definition) is 7. The van der Waals surface area contributed by atoms with E-state index in [-0.39, 0.29) is 18.1 Å². The lowest BCUT2D eigenvalue weighted by atomic mass is 10.1. The van der Waals surface area contributed by atoms with Crippen LogP contribution in [0.2, 0.25) is 0 Å². The van der Waals surface area contributed by atoms with Gasteiger partial charge in [0.25, 0.3) is 0 Å². The van der Waals surface area contributed by atoms with Crippen molar-refractivity contribution >= 4 is 24.2 Å². The van der Waals surface area contributed by atoms with Crippen LogP contribution in [0.1, 0.15) is 32.8 Å². The summed E-state index contributed by atoms with van der Waals surface area (Å²) in [5.74, 6) is -1.59. The Hall–Kier alpha value is -3.03. The number of carbonyl (C=O) groups is 3. The fourth-order valence-corrected chi connectivity index (χ4v) is 1.73. The lowest BCUT2D eigenvalue weighted by Gasteiger charge is -2.22. The smallest absolute Gasteiger partial charge is 0.493 e. The Balaban J connectivity index is 2.87. The molecule has 0 bridgehead atoms. The third-order valence-electron chi connectivity index (χ3n) is 3.06. The van der Waals surface area contributed by atoms with Crippen LogP contribution >= 0.6 is 0 Å². The van der Waals surface area contributed by atoms with Gasteiger partial charge in [0.15, 0.2) is 11.5 Å². The molecule has 0 radical (unpaired) electrons. The third-order valence-corrected chi connectivity index (χ3v) is 3.06. The van der Waals surface area contributed by atoms with Crippen LogP contribution in [0, 0.1) is 0 Å². The van der Waals surface area contributed by atoms with Crippen LogP contribution in [-0.4, -0.2) is 42.5 Å². The first-order valence-corrected chi connectivity index (χ1v) is 7.86. The lowest BCUT2D eigenvalue weighted by Crippen LogP contribution is -2.40. The molecule has 0 fully saturated rings. The molecule has 0 spiro atoms. The SMILES string of the molecule is CCCOC(=O)OC(C)(C)C(=O)Oc1ccc(/C=C/C(=O)O)cc1OC. The summed E-state index contributed by atoms with van der Waals surface area (Å²) < 4.78 is 20.2. The summed E-state index contributed by atoms with van der Waals surface area (Å²) in [5, 5.41) is 8.65. The number of aliphatic carboxylic acids is 1. The molecule has 142 valence electrons. The molecule has 0 aliphatic heterocycles. The Morgan fingerprint density at radius 3 is 2.46 bits per heavy atom. The summed E-state index contributed by atoms with van der Waals surface area (Å²) in [6.07, 6.45) is 2.00. The third kappa shape index (κ3) is 6.46. The number of ether oxygens (including phenoxy) is 4. The quantitative estimate of drug-likeness (QED) is 0.425. The van der Waals surface area contributed by atoms with E-state index in [4.69, 9.17) is 24.1 Å². The van der Waals surface area contributed by atoms with Gasteiger partial charge in [-0.1, -0.05) is 13.0 Å². The highest BCUT2D eigenvalue weighted by atomic mass is 16.7. The van der Waals surface area contributed by atoms with Crippen LogP contribution in [0.25, 0.3) is 6.08 Å². The molecule has 8 nitrogen and oxygen atoms in total. The number of carbonyl (C=O) groups excluding carboxylic acids is 2. The molecule has 0 aliphatic rings. The summed E-state index contributed by atoms with van der Waals surface area (Å²) >= 11 is 0. The molecular weight excluding hydrogens is 344 g/mol. The van der Waals surface area contributed by atoms with Gasteiger partial charge in [0, 0.05) is 6.08 Å². The molecule has 0 saturated heterocycles. The van der Waals surface area contributed by atoms with Crippen molar-refractivity contribution in [1.82, 2.24) is 0 Å². The maximum absolute atomic E-state index is 12.3. The summed E-state index contributed by atoms with van der Waals surface area (Å²) in [6.45, 7) is 4.76. The van der Waals surface area contributed by atoms with E-state index in [9.17, 15) is 14.4 Å². The minimum absolute atomic E-state index is 0.101. The van der Waals surface area contributed by atoms with Crippen molar-refractivity contribution in [3.63, 3.8) is 0 Å². The summed E-state index contributed by atoms with van der Waals surface area (Å²) in [7, 11) is 1.38. The van der Waals surface area contributed by atoms with Crippen molar-refractivity contribution in [1.29, 1.82) is 0 Å². The minimum Gasteiger partial charge on any atom is -0.493 e. The second kappa shape index (κ2) is 9.45. The first kappa shape index (κ1) is 21.0. The number of benzene rings is 1. The number of rotatable bonds is 8. The van der Waals surface area contributed by atoms with Gasteiger partial charge in [-0.05, 0) is 44.0 Å². The highest BCUT2D eigenvalue weighted by Gasteiger charge is 2.35. The number of esters is 1. The van der Waals surface area contributed by atoms with Gasteiger partial charge in [-0.15, -0.1) is 0 Å². The Morgan fingerprint density at radius 1 is 1.19 bits per heavy atom. The van der Waals surface area contributed by atoms with E-state index in [2.05, 4.69) is 0 Å². The van der Waals surface area contributed by atoms with Gasteiger partial charge in [0.2, 0.25) is 5.60 Å². The summed E-state index contributed by atoms with van der Waals surface area (Å²) in [4.78, 5) is 34.4. The number of carboxylic acids is 1. The van der Waals surface area contributed by atoms with E-state index in [1.807, 2.05) is 6.92 Å². The van der Waals surface area contributed by atoms with E-state index in [0.29, 0.717) is 12.0 Å². The average molecular weight is 366 g/mol. The van der Waals surface area contributed by atoms with Gasteiger partial charge in [0.05, 0.1) is 13.7 Å². The van der Waals surface area contributed by atoms with Crippen LogP contribution in [-0.2, 0) is 19.1 Å². The van der Waals surface area contributed by atoms with Crippen molar-refractivity contribution in [2.45, 2.75) is 32.8 Å². The van der Waals surface area contributed by atoms with Crippen molar-refractivity contribution < 1.29 is 38.4 Å². The van der Waals surface area contributed by atoms with Gasteiger partial charge in [0.1, 0.15) is 0 Å². The van der Waals surface area contributed by atoms with Crippen molar-refractivity contribution in [2.75, 3.05) is 13.7 Å². The monoisotopic (exact) mass is 366 g/mol. The predicted molar refractivity (Wildman–Crippen MR) is 92.1 cm³/mol. The van der Waals surface area contributed by atoms with Crippen LogP contribution < -0.4 is 9.47 Å². The topological polar surface area (TPSA) is 108 Å². The molecule has 0 atom stereocenters. The standard InChI is InChI=1S/C18H22O8/c1-5-10-24-17(22)26-18(2,3)16(21)25-13-8-6-12(7-9-15(19)20)11-14(13)23-4/h6-9,11H,5,10H2,1-4H3,(H,19,20)/b9-7+. The molecule has 1 aromatic carbocycles. The zero-order valence-corrected chi connectivity index (χ0v) is 15.1. The van der Waals surface area contributed by atoms with Gasteiger partial charge in [-0.2, -0.15) is 0 Å². The largest absolute Gasteiger partial charge is 0.509 e. The maximum atomic E-state index is 12.3. The van der Waals surface area contributed by atoms with Crippen LogP contribution in [0.3, 0.4) is 0 Å². The van der Waals surface area contributed by atoms with Gasteiger partial charge < -0.3 is 24.1 Å². The second-order valence-electron chi connectivity index (χ2n) is 5.68. The molecule has 0 unspecified atom stereocenters. The molecule has 1 N–H and O–H groups in total. The predicted octanol–water partition coefficient (Wildman–Crippen LogP) is 3.04. The van der Waals surface area contributed by atoms with E-state index in [1.54, 1.807) is 6.07 Å². The molecule has 8 heteroatoms. The van der Waals surface area contributed by atoms with Crippen molar-refractivity contribution in [3.05, 3.63) is 29.8 Å². The first-order valence-electron chi connectivity index (χ1n) is 7.86. The summed E-state index contributed by atoms with van der Waals surface area (Å²) in [6, 6.07) is 4.50. The molecule has 0 aromatic heterocycles. The van der Waals surface area contributed by atoms with Crippen LogP contribution in [0.5, 0.6) is 11.5 Å². The average Bonchev–Trinajstić information content (AvgIpc) is 2.58. The van der Waals surface area contributed by atoms with Crippen LogP contribution in [0.15, 0.2) is 24.3 Å². The number of carboxylic acid groups (broad SMARTS) is 1. The molecule has 0 amide bonds. The zero-order valence-electron chi connectivity index (χ0n) is 15.1. The molecule has 0 heterocycles. The Kier molecular flexibility index (Phi) is 7.64. The molecule has 1 rings (SSSR count). The van der Waals surface area contributed by atoms with Crippen molar-refractivity contribution in [3.8, 4) is 11.5 Å². The molecule has 0 saturated carbocycles. The van der Waals surface area contributed by atoms with E-state index in [1.165, 1.54) is 39.2 Å². The lowest BCUT2D eigenvalue weighted by molar-refractivity contribution is -0.154. The number of methoxy groups -OCH3 is 1. The maximum Gasteiger partial charge on any atom is 0.509 e. The van der Waals surface area contributed by atoms with E-state index < -0.39 is 23.7 Å². The molecular formula is C18H22O8. The second-order valence-corrected chi connectivity index (χ2v) is 5.68. The Labute approximate surface area is 151 Å². The minimum atomic E-state index is -1.57. The molecule has 1 aromatic rings. The van der Waals surface area contributed by atoms with Gasteiger partial charge >= 0.3 is 18.1 Å². The van der Waals surface area contributed by atoms with E-state index >= 15 is 0 Å². The highest BCUT2D eigenvalue weighted by Crippen LogP contribution is 2.30. The highest BCUT2D eigenvalue weighted by molar-refractivity contribution is 5.86. The normalized spacial score (nSPS) is 11.1. The van der Waals surface area contributed by atoms with Crippen LogP contribution in [0.4, 0.5) is 4.79 Å². The summed E-state index contributed by atoms with van der Waals surface area (Å²) in [5.41, 5.74) is -1.03. The Bertz CT molecular complexity index is 690. The van der Waals surface area contributed by atoms with Gasteiger partial charge in [-0.25, -0.2) is 14.4 Å². The van der Waals surface area contributed by atoms with E-state index in [0.717, 1.165) is 6.08 Å². The molecule has 26 heavy (non-hydrogen) atoms. The zero-order chi connectivity index (χ0) is 19.7. The fourth-order valence-electron chi connectivity index (χ4n) is 1.73. The first-order chi connectivity index (χ1) is 12.2. The molecule has 0 aliphatic carbocycles. The Morgan fingerprint density at radius 2 is 1.88 bits per heavy atom. The fraction of sp³-hybridized carbons (Fsp3) is 0.389. The van der Waals surface area contributed by atoms with Crippen molar-refractivity contribution in [2.24, 2.45) is 0 Å². The number of hydrogen-bond donors (Lipinski definition) is 1. The van der Waals surface area contributed by atoms with Gasteiger partial charge in [-0.3, -0.25) is 0 Å².